The van der Waals surface area contributed by atoms with Crippen molar-refractivity contribution in [2.75, 3.05) is 0 Å². The third kappa shape index (κ3) is 50.0. The molecule has 0 aromatic rings. The molecular formula is C6H14Ag-2. The van der Waals surface area contributed by atoms with Gasteiger partial charge in [-0.1, -0.05) is 13.3 Å². The minimum Gasteiger partial charge on any atom is -0.346 e. The van der Waals surface area contributed by atoms with E-state index < -0.39 is 0 Å². The molecule has 0 aliphatic carbocycles. The minimum atomic E-state index is 0. The van der Waals surface area contributed by atoms with Crippen LogP contribution in [0.15, 0.2) is 0 Å². The van der Waals surface area contributed by atoms with E-state index in [1.165, 1.54) is 6.42 Å². The van der Waals surface area contributed by atoms with Gasteiger partial charge in [0.15, 0.2) is 0 Å². The molecule has 0 rings (SSSR count). The van der Waals surface area contributed by atoms with Crippen molar-refractivity contribution in [2.45, 2.75) is 26.7 Å². The molecule has 0 unspecified atom stereocenters. The molecule has 51 valence electrons. The molecule has 0 bridgehead atoms. The Morgan fingerprint density at radius 1 is 1.29 bits per heavy atom. The van der Waals surface area contributed by atoms with Gasteiger partial charge in [-0.05, 0) is 0 Å². The molecule has 0 saturated carbocycles. The van der Waals surface area contributed by atoms with Gasteiger partial charge in [-0.3, -0.25) is 0 Å². The van der Waals surface area contributed by atoms with Crippen LogP contribution < -0.4 is 0 Å². The molecule has 0 amide bonds. The minimum absolute atomic E-state index is 0. The second-order valence-electron chi connectivity index (χ2n) is 0.854. The summed E-state index contributed by atoms with van der Waals surface area (Å²) in [5, 5.41) is 0. The van der Waals surface area contributed by atoms with Crippen molar-refractivity contribution in [1.82, 2.24) is 0 Å². The van der Waals surface area contributed by atoms with Crippen LogP contribution in [0.25, 0.3) is 0 Å². The fraction of sp³-hybridized carbons (Fsp3) is 0.667. The summed E-state index contributed by atoms with van der Waals surface area (Å²) in [4.78, 5) is 0. The van der Waals surface area contributed by atoms with E-state index >= 15 is 0 Å². The van der Waals surface area contributed by atoms with Gasteiger partial charge >= 0.3 is 0 Å². The fourth-order valence-electron chi connectivity index (χ4n) is 0. The van der Waals surface area contributed by atoms with Crippen molar-refractivity contribution in [3.8, 4) is 0 Å². The molecule has 1 heteroatoms. The first kappa shape index (κ1) is 15.6. The van der Waals surface area contributed by atoms with Crippen LogP contribution >= 0.6 is 0 Å². The summed E-state index contributed by atoms with van der Waals surface area (Å²) in [7, 11) is 0. The predicted octanol–water partition coefficient (Wildman–Crippen LogP) is 2.46. The summed E-state index contributed by atoms with van der Waals surface area (Å²) >= 11 is 0. The number of hydrogen-bond acceptors (Lipinski definition) is 0. The zero-order chi connectivity index (χ0) is 5.41. The van der Waals surface area contributed by atoms with Gasteiger partial charge in [0, 0.05) is 22.4 Å². The molecule has 0 aromatic heterocycles. The molecule has 0 aliphatic heterocycles. The molecule has 0 atom stereocenters. The largest absolute Gasteiger partial charge is 0.346 e. The van der Waals surface area contributed by atoms with Gasteiger partial charge in [0.2, 0.25) is 0 Å². The number of hydrogen-bond donors (Lipinski definition) is 0. The van der Waals surface area contributed by atoms with Crippen LogP contribution in [0.5, 0.6) is 0 Å². The maximum Gasteiger partial charge on any atom is 0 e. The SMILES string of the molecule is [Ag].[CH2-]C.[CH2-]CCC. The Hall–Kier alpha value is 0.740. The summed E-state index contributed by atoms with van der Waals surface area (Å²) in [6.45, 7) is 10.7. The van der Waals surface area contributed by atoms with Gasteiger partial charge in [0.1, 0.15) is 0 Å². The third-order valence-corrected chi connectivity index (χ3v) is 0.354. The van der Waals surface area contributed by atoms with Crippen LogP contribution in [0.4, 0.5) is 0 Å². The Balaban J connectivity index is -0.0000000480. The fourth-order valence-corrected chi connectivity index (χ4v) is 0. The van der Waals surface area contributed by atoms with Gasteiger partial charge in [0.05, 0.1) is 0 Å². The Bertz CT molecular complexity index is 6.14. The maximum absolute atomic E-state index is 3.60. The molecular weight excluding hydrogens is 180 g/mol. The van der Waals surface area contributed by atoms with E-state index in [4.69, 9.17) is 0 Å². The summed E-state index contributed by atoms with van der Waals surface area (Å²) < 4.78 is 0. The van der Waals surface area contributed by atoms with Crippen LogP contribution in [0, 0.1) is 13.8 Å². The molecule has 7 heavy (non-hydrogen) atoms. The first-order valence-corrected chi connectivity index (χ1v) is 2.41. The first-order valence-electron chi connectivity index (χ1n) is 2.41. The molecule has 0 heterocycles. The molecule has 0 saturated heterocycles. The summed E-state index contributed by atoms with van der Waals surface area (Å²) in [6, 6.07) is 0. The van der Waals surface area contributed by atoms with Crippen molar-refractivity contribution in [1.29, 1.82) is 0 Å². The Morgan fingerprint density at radius 2 is 1.43 bits per heavy atom. The van der Waals surface area contributed by atoms with Crippen molar-refractivity contribution in [2.24, 2.45) is 0 Å². The molecule has 1 radical (unpaired) electrons. The van der Waals surface area contributed by atoms with Crippen LogP contribution in [0.2, 0.25) is 0 Å². The average Bonchev–Trinajstić information content (AvgIpc) is 1.72. The third-order valence-electron chi connectivity index (χ3n) is 0.354. The molecule has 0 aromatic carbocycles. The monoisotopic (exact) mass is 193 g/mol. The van der Waals surface area contributed by atoms with E-state index in [0.717, 1.165) is 6.42 Å². The molecule has 0 spiro atoms. The topological polar surface area (TPSA) is 0 Å². The number of unbranched alkanes of at least 4 members (excludes halogenated alkanes) is 1. The Labute approximate surface area is 63.2 Å². The van der Waals surface area contributed by atoms with Crippen molar-refractivity contribution in [3.63, 3.8) is 0 Å². The molecule has 0 N–H and O–H groups in total. The van der Waals surface area contributed by atoms with Crippen molar-refractivity contribution < 1.29 is 22.4 Å². The zero-order valence-electron chi connectivity index (χ0n) is 5.13. The van der Waals surface area contributed by atoms with E-state index in [1.807, 2.05) is 0 Å². The second-order valence-corrected chi connectivity index (χ2v) is 0.854. The van der Waals surface area contributed by atoms with Crippen LogP contribution in [-0.4, -0.2) is 0 Å². The summed E-state index contributed by atoms with van der Waals surface area (Å²) in [5.74, 6) is 0. The Morgan fingerprint density at radius 3 is 1.43 bits per heavy atom. The average molecular weight is 194 g/mol. The van der Waals surface area contributed by atoms with E-state index in [-0.39, 0.29) is 22.4 Å². The van der Waals surface area contributed by atoms with Crippen LogP contribution in [0.1, 0.15) is 26.7 Å². The summed E-state index contributed by atoms with van der Waals surface area (Å²) in [5.41, 5.74) is 0. The van der Waals surface area contributed by atoms with E-state index in [0.29, 0.717) is 0 Å². The van der Waals surface area contributed by atoms with Gasteiger partial charge < -0.3 is 13.8 Å². The summed E-state index contributed by atoms with van der Waals surface area (Å²) in [6.07, 6.45) is 2.28. The molecule has 0 fully saturated rings. The van der Waals surface area contributed by atoms with Crippen molar-refractivity contribution in [3.05, 3.63) is 13.8 Å². The first-order chi connectivity index (χ1) is 2.91. The van der Waals surface area contributed by atoms with E-state index in [9.17, 15) is 0 Å². The van der Waals surface area contributed by atoms with Gasteiger partial charge in [-0.15, -0.1) is 0 Å². The van der Waals surface area contributed by atoms with Crippen LogP contribution in [0.3, 0.4) is 0 Å². The normalized spacial score (nSPS) is 5.14. The van der Waals surface area contributed by atoms with Crippen LogP contribution in [-0.2, 0) is 22.4 Å². The Kier molecular flexibility index (Phi) is 66.1. The standard InChI is InChI=1S/C4H9.C2H5.Ag/c1-3-4-2;1-2;/h1,3-4H2,2H3;1H2,2H3;/q2*-1;. The number of rotatable bonds is 1. The smallest absolute Gasteiger partial charge is 0 e. The van der Waals surface area contributed by atoms with Gasteiger partial charge in [0.25, 0.3) is 0 Å². The quantitative estimate of drug-likeness (QED) is 0.444. The van der Waals surface area contributed by atoms with E-state index in [2.05, 4.69) is 20.8 Å². The van der Waals surface area contributed by atoms with E-state index in [1.54, 1.807) is 6.92 Å². The molecule has 0 aliphatic rings. The maximum atomic E-state index is 3.60. The predicted molar refractivity (Wildman–Crippen MR) is 31.3 cm³/mol. The second kappa shape index (κ2) is 29.6. The molecule has 0 nitrogen and oxygen atoms in total. The zero-order valence-corrected chi connectivity index (χ0v) is 6.61. The van der Waals surface area contributed by atoms with Gasteiger partial charge in [-0.2, -0.15) is 13.3 Å². The van der Waals surface area contributed by atoms with Crippen molar-refractivity contribution >= 4 is 0 Å². The van der Waals surface area contributed by atoms with Gasteiger partial charge in [-0.25, -0.2) is 0 Å².